The van der Waals surface area contributed by atoms with Gasteiger partial charge in [-0.25, -0.2) is 52.1 Å². The van der Waals surface area contributed by atoms with Crippen molar-refractivity contribution in [3.05, 3.63) is 169 Å². The van der Waals surface area contributed by atoms with Crippen LogP contribution >= 0.6 is 0 Å². The second kappa shape index (κ2) is 19.2. The fourth-order valence-corrected chi connectivity index (χ4v) is 9.32. The summed E-state index contributed by atoms with van der Waals surface area (Å²) in [6.07, 6.45) is 6.71. The standard InChI is InChI=1S/C55H43F4N11O2/c1-68-21-3-5-39(31-68)62-54(71)63-40-26-48-53(61-29-40)67-50(34-8-14-38(57)15-9-34)52(66-48)36-11-18-45(59)43(25-36)42-24-35(10-17-44(42)58)51-49(33-6-12-37(56)13-7-33)65-47-27-41(16-19-46(47)64-51)70-23-22-69(55(70)72)30-32-4-2-20-60-28-32/h2,4,6-20,24-29,39H,3,5,21-23,30-31H2,1H3,(H2,62,63,71). The molecule has 0 bridgehead atoms. The first-order valence-corrected chi connectivity index (χ1v) is 23.3. The van der Waals surface area contributed by atoms with Crippen LogP contribution in [0.3, 0.4) is 0 Å². The van der Waals surface area contributed by atoms with Gasteiger partial charge in [-0.15, -0.1) is 0 Å². The van der Waals surface area contributed by atoms with Crippen LogP contribution in [-0.2, 0) is 6.54 Å². The highest BCUT2D eigenvalue weighted by molar-refractivity contribution is 5.97. The molecule has 4 amide bonds. The molecule has 0 saturated carbocycles. The van der Waals surface area contributed by atoms with Gasteiger partial charge >= 0.3 is 12.1 Å². The Balaban J connectivity index is 0.962. The number of piperidine rings is 1. The van der Waals surface area contributed by atoms with Crippen molar-refractivity contribution in [2.45, 2.75) is 25.4 Å². The first-order chi connectivity index (χ1) is 35.0. The molecule has 2 saturated heterocycles. The second-order valence-electron chi connectivity index (χ2n) is 17.9. The summed E-state index contributed by atoms with van der Waals surface area (Å²) in [5.74, 6) is -2.39. The molecule has 1 atom stereocenters. The molecule has 9 aromatic rings. The minimum absolute atomic E-state index is 0.0170. The van der Waals surface area contributed by atoms with E-state index >= 15 is 8.78 Å². The molecule has 1 unspecified atom stereocenters. The lowest BCUT2D eigenvalue weighted by atomic mass is 9.95. The molecule has 0 spiro atoms. The van der Waals surface area contributed by atoms with Crippen molar-refractivity contribution in [2.24, 2.45) is 0 Å². The van der Waals surface area contributed by atoms with Gasteiger partial charge in [0.1, 0.15) is 28.8 Å². The Kier molecular flexibility index (Phi) is 12.2. The summed E-state index contributed by atoms with van der Waals surface area (Å²) < 4.78 is 61.2. The average Bonchev–Trinajstić information content (AvgIpc) is 3.75. The molecule has 11 rings (SSSR count). The number of hydrogen-bond acceptors (Lipinski definition) is 9. The zero-order valence-electron chi connectivity index (χ0n) is 38.7. The molecule has 2 aliphatic rings. The van der Waals surface area contributed by atoms with E-state index in [0.29, 0.717) is 86.9 Å². The first kappa shape index (κ1) is 45.7. The SMILES string of the molecule is CN1CCCC(NC(=O)Nc2cnc3nc(-c4ccc(F)cc4)c(-c4ccc(F)c(-c5cc(-c6nc7ccc(N8CCN(Cc9cccnc9)C8=O)cc7nc6-c6ccc(F)cc6)ccc5F)c4)nc3c2)C1. The lowest BCUT2D eigenvalue weighted by molar-refractivity contribution is 0.216. The summed E-state index contributed by atoms with van der Waals surface area (Å²) >= 11 is 0. The highest BCUT2D eigenvalue weighted by Gasteiger charge is 2.30. The summed E-state index contributed by atoms with van der Waals surface area (Å²) in [6, 6.07) is 29.9. The van der Waals surface area contributed by atoms with Gasteiger partial charge in [0.05, 0.1) is 45.7 Å². The number of anilines is 2. The van der Waals surface area contributed by atoms with Crippen LogP contribution in [0.2, 0.25) is 0 Å². The molecule has 17 heteroatoms. The quantitative estimate of drug-likeness (QED) is 0.128. The van der Waals surface area contributed by atoms with Crippen LogP contribution in [-0.4, -0.2) is 91.0 Å². The Labute approximate surface area is 410 Å². The fraction of sp³-hybridized carbons (Fsp3) is 0.164. The third kappa shape index (κ3) is 9.36. The minimum Gasteiger partial charge on any atom is -0.334 e. The number of benzene rings is 5. The number of rotatable bonds is 10. The summed E-state index contributed by atoms with van der Waals surface area (Å²) in [4.78, 5) is 60.7. The molecular weight excluding hydrogens is 923 g/mol. The molecule has 358 valence electrons. The number of likely N-dealkylation sites (tertiary alicyclic amines) is 1. The summed E-state index contributed by atoms with van der Waals surface area (Å²) in [5, 5.41) is 5.86. The van der Waals surface area contributed by atoms with Crippen molar-refractivity contribution in [2.75, 3.05) is 43.4 Å². The first-order valence-electron chi connectivity index (χ1n) is 23.3. The van der Waals surface area contributed by atoms with Gasteiger partial charge in [-0.1, -0.05) is 6.07 Å². The van der Waals surface area contributed by atoms with Crippen LogP contribution in [0.25, 0.3) is 78.4 Å². The lowest BCUT2D eigenvalue weighted by Gasteiger charge is -2.30. The number of hydrogen-bond donors (Lipinski definition) is 2. The number of carbonyl (C=O) groups excluding carboxylic acids is 2. The van der Waals surface area contributed by atoms with Gasteiger partial charge in [0.15, 0.2) is 5.65 Å². The van der Waals surface area contributed by atoms with Crippen LogP contribution in [0.4, 0.5) is 38.5 Å². The Morgan fingerprint density at radius 3 is 1.93 bits per heavy atom. The van der Waals surface area contributed by atoms with E-state index in [1.165, 1.54) is 66.9 Å². The van der Waals surface area contributed by atoms with Gasteiger partial charge in [-0.2, -0.15) is 0 Å². The molecule has 13 nitrogen and oxygen atoms in total. The maximum Gasteiger partial charge on any atom is 0.324 e. The van der Waals surface area contributed by atoms with Gasteiger partial charge in [-0.3, -0.25) is 9.88 Å². The molecule has 2 aliphatic heterocycles. The van der Waals surface area contributed by atoms with E-state index in [-0.39, 0.29) is 34.5 Å². The molecular formula is C55H43F4N11O2. The number of amides is 4. The number of aromatic nitrogens is 6. The van der Waals surface area contributed by atoms with Crippen molar-refractivity contribution in [1.82, 2.24) is 45.0 Å². The number of nitrogens with one attached hydrogen (secondary N) is 2. The number of fused-ring (bicyclic) bond motifs is 2. The van der Waals surface area contributed by atoms with Crippen molar-refractivity contribution in [3.8, 4) is 56.2 Å². The number of likely N-dealkylation sites (N-methyl/N-ethyl adjacent to an activating group) is 1. The van der Waals surface area contributed by atoms with Crippen molar-refractivity contribution in [3.63, 3.8) is 0 Å². The van der Waals surface area contributed by atoms with Gasteiger partial charge in [-0.05, 0) is 147 Å². The highest BCUT2D eigenvalue weighted by atomic mass is 19.1. The zero-order chi connectivity index (χ0) is 49.5. The van der Waals surface area contributed by atoms with Gasteiger partial charge in [0.25, 0.3) is 0 Å². The number of nitrogens with zero attached hydrogens (tertiary/aromatic N) is 9. The Hall–Kier alpha value is -8.70. The van der Waals surface area contributed by atoms with E-state index in [1.54, 1.807) is 70.7 Å². The summed E-state index contributed by atoms with van der Waals surface area (Å²) in [6.45, 7) is 3.07. The maximum atomic E-state index is 16.3. The largest absolute Gasteiger partial charge is 0.334 e. The molecule has 0 aliphatic carbocycles. The second-order valence-corrected chi connectivity index (χ2v) is 17.9. The van der Waals surface area contributed by atoms with Gasteiger partial charge in [0, 0.05) is 83.7 Å². The number of urea groups is 2. The monoisotopic (exact) mass is 965 g/mol. The van der Waals surface area contributed by atoms with E-state index in [9.17, 15) is 18.4 Å². The van der Waals surface area contributed by atoms with Crippen LogP contribution in [0.15, 0.2) is 140 Å². The predicted molar refractivity (Wildman–Crippen MR) is 268 cm³/mol. The Morgan fingerprint density at radius 2 is 1.28 bits per heavy atom. The van der Waals surface area contributed by atoms with Crippen molar-refractivity contribution >= 4 is 45.6 Å². The number of carbonyl (C=O) groups is 2. The van der Waals surface area contributed by atoms with Crippen molar-refractivity contribution in [1.29, 1.82) is 0 Å². The van der Waals surface area contributed by atoms with Crippen LogP contribution < -0.4 is 15.5 Å². The minimum atomic E-state index is -0.735. The van der Waals surface area contributed by atoms with Gasteiger partial charge < -0.3 is 20.4 Å². The van der Waals surface area contributed by atoms with E-state index in [4.69, 9.17) is 19.9 Å². The number of pyridine rings is 2. The molecule has 72 heavy (non-hydrogen) atoms. The van der Waals surface area contributed by atoms with Crippen LogP contribution in [0, 0.1) is 23.3 Å². The molecule has 5 aromatic carbocycles. The third-order valence-electron chi connectivity index (χ3n) is 12.9. The highest BCUT2D eigenvalue weighted by Crippen LogP contribution is 2.39. The van der Waals surface area contributed by atoms with E-state index in [0.717, 1.165) is 31.5 Å². The molecule has 2 fully saturated rings. The third-order valence-corrected chi connectivity index (χ3v) is 12.9. The molecule has 2 N–H and O–H groups in total. The topological polar surface area (TPSA) is 145 Å². The molecule has 0 radical (unpaired) electrons. The smallest absolute Gasteiger partial charge is 0.324 e. The molecule has 4 aromatic heterocycles. The van der Waals surface area contributed by atoms with Crippen LogP contribution in [0.5, 0.6) is 0 Å². The Morgan fingerprint density at radius 1 is 0.653 bits per heavy atom. The van der Waals surface area contributed by atoms with Gasteiger partial charge in [0.2, 0.25) is 0 Å². The van der Waals surface area contributed by atoms with Crippen LogP contribution in [0.1, 0.15) is 18.4 Å². The fourth-order valence-electron chi connectivity index (χ4n) is 9.32. The molecule has 6 heterocycles. The van der Waals surface area contributed by atoms with Crippen molar-refractivity contribution < 1.29 is 27.2 Å². The predicted octanol–water partition coefficient (Wildman–Crippen LogP) is 10.9. The zero-order valence-corrected chi connectivity index (χ0v) is 38.7. The number of halogens is 4. The Bertz CT molecular complexity index is 3550. The lowest BCUT2D eigenvalue weighted by Crippen LogP contribution is -2.47. The average molecular weight is 966 g/mol. The van der Waals surface area contributed by atoms with E-state index in [1.807, 2.05) is 19.2 Å². The summed E-state index contributed by atoms with van der Waals surface area (Å²) in [5.41, 5.74) is 6.10. The van der Waals surface area contributed by atoms with E-state index in [2.05, 4.69) is 25.5 Å². The summed E-state index contributed by atoms with van der Waals surface area (Å²) in [7, 11) is 2.01. The maximum absolute atomic E-state index is 16.3. The normalized spacial score (nSPS) is 15.1. The van der Waals surface area contributed by atoms with E-state index < -0.39 is 29.3 Å².